The Bertz CT molecular complexity index is 1840. The van der Waals surface area contributed by atoms with Gasteiger partial charge in [-0.2, -0.15) is 4.98 Å². The molecule has 200 valence electrons. The summed E-state index contributed by atoms with van der Waals surface area (Å²) in [6.45, 7) is 3.51. The molecule has 1 atom stereocenters. The van der Waals surface area contributed by atoms with Crippen LogP contribution in [0.25, 0.3) is 22.1 Å². The fraction of sp³-hybridized carbons (Fsp3) is 0.321. The first-order valence-electron chi connectivity index (χ1n) is 13.0. The minimum absolute atomic E-state index is 0.00101. The number of fused-ring (bicyclic) bond motifs is 2. The van der Waals surface area contributed by atoms with E-state index in [-0.39, 0.29) is 12.6 Å². The molecule has 2 N–H and O–H groups in total. The Morgan fingerprint density at radius 1 is 1.00 bits per heavy atom. The molecule has 4 heterocycles. The second kappa shape index (κ2) is 9.94. The summed E-state index contributed by atoms with van der Waals surface area (Å²) in [6.07, 6.45) is 1.84. The first-order valence-corrected chi connectivity index (χ1v) is 13.4. The fourth-order valence-corrected chi connectivity index (χ4v) is 5.58. The SMILES string of the molecule is Cc1nc(Cn2c(=O)c3c(nc(N4CCCC(N)C4)n3Cc3ccccc3Cl)n(C)c2=O)nc2ccccc12. The van der Waals surface area contributed by atoms with Gasteiger partial charge in [0.2, 0.25) is 5.95 Å². The number of para-hydroxylation sites is 1. The van der Waals surface area contributed by atoms with E-state index in [0.717, 1.165) is 41.5 Å². The standard InChI is InChI=1S/C28H29ClN8O2/c1-17-20-10-4-6-12-22(20)32-23(31-17)16-37-26(38)24-25(34(2)28(37)39)33-27(35-13-7-9-19(30)15-35)36(24)14-18-8-3-5-11-21(18)29/h3-6,8,10-12,19H,7,9,13-16,30H2,1-2H3. The summed E-state index contributed by atoms with van der Waals surface area (Å²) in [7, 11) is 1.63. The summed E-state index contributed by atoms with van der Waals surface area (Å²) < 4.78 is 4.46. The number of aryl methyl sites for hydroxylation is 2. The van der Waals surface area contributed by atoms with Crippen molar-refractivity contribution in [3.05, 3.63) is 91.5 Å². The summed E-state index contributed by atoms with van der Waals surface area (Å²) >= 11 is 6.53. The highest BCUT2D eigenvalue weighted by atomic mass is 35.5. The third-order valence-corrected chi connectivity index (χ3v) is 7.75. The molecule has 1 aliphatic rings. The Labute approximate surface area is 229 Å². The molecule has 3 aromatic heterocycles. The minimum Gasteiger partial charge on any atom is -0.341 e. The van der Waals surface area contributed by atoms with Gasteiger partial charge in [0.1, 0.15) is 5.82 Å². The van der Waals surface area contributed by atoms with Gasteiger partial charge in [-0.1, -0.05) is 48.0 Å². The van der Waals surface area contributed by atoms with E-state index in [0.29, 0.717) is 41.0 Å². The Balaban J connectivity index is 1.55. The van der Waals surface area contributed by atoms with Crippen molar-refractivity contribution < 1.29 is 0 Å². The van der Waals surface area contributed by atoms with Crippen LogP contribution in [-0.4, -0.2) is 47.8 Å². The van der Waals surface area contributed by atoms with Crippen LogP contribution in [0.1, 0.15) is 29.9 Å². The molecule has 39 heavy (non-hydrogen) atoms. The third kappa shape index (κ3) is 4.49. The average Bonchev–Trinajstić information content (AvgIpc) is 3.31. The van der Waals surface area contributed by atoms with Gasteiger partial charge < -0.3 is 10.6 Å². The number of hydrogen-bond donors (Lipinski definition) is 1. The molecule has 0 aliphatic carbocycles. The van der Waals surface area contributed by atoms with Gasteiger partial charge in [0.25, 0.3) is 5.56 Å². The maximum atomic E-state index is 14.1. The number of benzene rings is 2. The predicted molar refractivity (Wildman–Crippen MR) is 153 cm³/mol. The first kappa shape index (κ1) is 25.3. The summed E-state index contributed by atoms with van der Waals surface area (Å²) in [5.74, 6) is 0.992. The highest BCUT2D eigenvalue weighted by Gasteiger charge is 2.27. The van der Waals surface area contributed by atoms with E-state index in [1.807, 2.05) is 60.0 Å². The molecule has 0 saturated carbocycles. The molecule has 11 heteroatoms. The lowest BCUT2D eigenvalue weighted by Gasteiger charge is -2.32. The number of piperidine rings is 1. The molecule has 6 rings (SSSR count). The maximum absolute atomic E-state index is 14.1. The Kier molecular flexibility index (Phi) is 6.44. The molecule has 1 aliphatic heterocycles. The van der Waals surface area contributed by atoms with Crippen LogP contribution in [0.15, 0.2) is 58.1 Å². The normalized spacial score (nSPS) is 15.9. The average molecular weight is 545 g/mol. The monoisotopic (exact) mass is 544 g/mol. The Morgan fingerprint density at radius 3 is 2.56 bits per heavy atom. The molecule has 5 aromatic rings. The van der Waals surface area contributed by atoms with E-state index < -0.39 is 11.2 Å². The second-order valence-corrected chi connectivity index (χ2v) is 10.5. The zero-order valence-electron chi connectivity index (χ0n) is 21.8. The molecule has 0 bridgehead atoms. The van der Waals surface area contributed by atoms with Crippen molar-refractivity contribution in [1.29, 1.82) is 0 Å². The number of hydrogen-bond acceptors (Lipinski definition) is 7. The van der Waals surface area contributed by atoms with Gasteiger partial charge in [0.05, 0.1) is 18.6 Å². The number of halogens is 1. The highest BCUT2D eigenvalue weighted by molar-refractivity contribution is 6.31. The van der Waals surface area contributed by atoms with Gasteiger partial charge >= 0.3 is 5.69 Å². The van der Waals surface area contributed by atoms with Crippen LogP contribution in [0.3, 0.4) is 0 Å². The lowest BCUT2D eigenvalue weighted by Crippen LogP contribution is -2.44. The maximum Gasteiger partial charge on any atom is 0.332 e. The topological polar surface area (TPSA) is 117 Å². The smallest absolute Gasteiger partial charge is 0.332 e. The molecule has 1 fully saturated rings. The number of anilines is 1. The molecule has 0 amide bonds. The van der Waals surface area contributed by atoms with Crippen LogP contribution in [0.2, 0.25) is 5.02 Å². The minimum atomic E-state index is -0.480. The molecular weight excluding hydrogens is 516 g/mol. The van der Waals surface area contributed by atoms with E-state index in [9.17, 15) is 9.59 Å². The van der Waals surface area contributed by atoms with Gasteiger partial charge in [-0.05, 0) is 37.5 Å². The molecule has 1 saturated heterocycles. The quantitative estimate of drug-likeness (QED) is 0.361. The van der Waals surface area contributed by atoms with Crippen LogP contribution in [0, 0.1) is 6.92 Å². The van der Waals surface area contributed by atoms with Crippen molar-refractivity contribution in [3.63, 3.8) is 0 Å². The Hall–Kier alpha value is -4.02. The number of nitrogens with two attached hydrogens (primary N) is 1. The Morgan fingerprint density at radius 2 is 1.77 bits per heavy atom. The lowest BCUT2D eigenvalue weighted by atomic mass is 10.1. The van der Waals surface area contributed by atoms with E-state index in [4.69, 9.17) is 22.3 Å². The van der Waals surface area contributed by atoms with E-state index in [1.165, 1.54) is 9.13 Å². The number of nitrogens with zero attached hydrogens (tertiary/aromatic N) is 7. The molecule has 10 nitrogen and oxygen atoms in total. The second-order valence-electron chi connectivity index (χ2n) is 10.1. The van der Waals surface area contributed by atoms with Crippen LogP contribution in [0.4, 0.5) is 5.95 Å². The molecule has 0 radical (unpaired) electrons. The van der Waals surface area contributed by atoms with Crippen LogP contribution < -0.4 is 21.9 Å². The van der Waals surface area contributed by atoms with Crippen molar-refractivity contribution in [2.24, 2.45) is 12.8 Å². The lowest BCUT2D eigenvalue weighted by molar-refractivity contribution is 0.495. The predicted octanol–water partition coefficient (Wildman–Crippen LogP) is 2.83. The summed E-state index contributed by atoms with van der Waals surface area (Å²) in [5, 5.41) is 1.52. The number of aromatic nitrogens is 6. The highest BCUT2D eigenvalue weighted by Crippen LogP contribution is 2.26. The van der Waals surface area contributed by atoms with Crippen molar-refractivity contribution in [2.45, 2.75) is 38.9 Å². The van der Waals surface area contributed by atoms with Crippen molar-refractivity contribution in [2.75, 3.05) is 18.0 Å². The number of imidazole rings is 1. The van der Waals surface area contributed by atoms with Crippen molar-refractivity contribution in [3.8, 4) is 0 Å². The fourth-order valence-electron chi connectivity index (χ4n) is 5.39. The first-order chi connectivity index (χ1) is 18.8. The summed E-state index contributed by atoms with van der Waals surface area (Å²) in [4.78, 5) is 43.7. The van der Waals surface area contributed by atoms with E-state index in [1.54, 1.807) is 7.05 Å². The van der Waals surface area contributed by atoms with Crippen LogP contribution >= 0.6 is 11.6 Å². The third-order valence-electron chi connectivity index (χ3n) is 7.38. The molecule has 0 spiro atoms. The largest absolute Gasteiger partial charge is 0.341 e. The van der Waals surface area contributed by atoms with Gasteiger partial charge in [-0.3, -0.25) is 18.5 Å². The van der Waals surface area contributed by atoms with Gasteiger partial charge in [-0.15, -0.1) is 0 Å². The van der Waals surface area contributed by atoms with Gasteiger partial charge in [-0.25, -0.2) is 14.8 Å². The van der Waals surface area contributed by atoms with Crippen LogP contribution in [-0.2, 0) is 20.1 Å². The van der Waals surface area contributed by atoms with E-state index in [2.05, 4.69) is 14.9 Å². The van der Waals surface area contributed by atoms with Gasteiger partial charge in [0.15, 0.2) is 11.2 Å². The van der Waals surface area contributed by atoms with Crippen molar-refractivity contribution >= 4 is 39.6 Å². The molecular formula is C28H29ClN8O2. The summed E-state index contributed by atoms with van der Waals surface area (Å²) in [6, 6.07) is 15.2. The van der Waals surface area contributed by atoms with Crippen molar-refractivity contribution in [1.82, 2.24) is 28.7 Å². The zero-order valence-corrected chi connectivity index (χ0v) is 22.6. The molecule has 1 unspecified atom stereocenters. The zero-order chi connectivity index (χ0) is 27.3. The van der Waals surface area contributed by atoms with Gasteiger partial charge in [0, 0.05) is 42.3 Å². The molecule has 2 aromatic carbocycles. The number of rotatable bonds is 5. The van der Waals surface area contributed by atoms with E-state index >= 15 is 0 Å². The van der Waals surface area contributed by atoms with Crippen LogP contribution in [0.5, 0.6) is 0 Å². The summed E-state index contributed by atoms with van der Waals surface area (Å²) in [5.41, 5.74) is 8.40.